The van der Waals surface area contributed by atoms with Crippen molar-refractivity contribution in [1.29, 1.82) is 0 Å². The molecular weight excluding hydrogens is 226 g/mol. The molecule has 1 unspecified atom stereocenters. The van der Waals surface area contributed by atoms with Gasteiger partial charge in [-0.1, -0.05) is 25.0 Å². The van der Waals surface area contributed by atoms with Crippen LogP contribution in [0.15, 0.2) is 11.6 Å². The molecule has 0 aromatic heterocycles. The van der Waals surface area contributed by atoms with Crippen LogP contribution in [-0.2, 0) is 4.79 Å². The van der Waals surface area contributed by atoms with Crippen molar-refractivity contribution < 1.29 is 4.79 Å². The summed E-state index contributed by atoms with van der Waals surface area (Å²) in [6, 6.07) is -0.480. The fourth-order valence-corrected chi connectivity index (χ4v) is 2.35. The Balaban J connectivity index is 1.99. The number of amides is 1. The molecule has 1 rings (SSSR count). The Morgan fingerprint density at radius 3 is 3.00 bits per heavy atom. The number of carbonyl (C=O) groups excluding carboxylic acids is 1. The van der Waals surface area contributed by atoms with E-state index < -0.39 is 11.9 Å². The van der Waals surface area contributed by atoms with Gasteiger partial charge in [-0.2, -0.15) is 0 Å². The Bertz CT molecular complexity index is 289. The lowest BCUT2D eigenvalue weighted by molar-refractivity contribution is -0.119. The fraction of sp³-hybridized carbons (Fsp3) is 0.786. The second-order valence-electron chi connectivity index (χ2n) is 5.43. The van der Waals surface area contributed by atoms with E-state index in [-0.39, 0.29) is 0 Å². The predicted octanol–water partition coefficient (Wildman–Crippen LogP) is 1.31. The number of primary amides is 1. The van der Waals surface area contributed by atoms with E-state index >= 15 is 0 Å². The Labute approximate surface area is 110 Å². The summed E-state index contributed by atoms with van der Waals surface area (Å²) in [6.45, 7) is 4.31. The van der Waals surface area contributed by atoms with Crippen LogP contribution in [0.5, 0.6) is 0 Å². The molecule has 1 aliphatic rings. The molecule has 0 heterocycles. The van der Waals surface area contributed by atoms with Gasteiger partial charge in [-0.3, -0.25) is 4.79 Å². The number of allylic oxidation sites excluding steroid dienone is 1. The molecule has 0 aromatic carbocycles. The molecule has 0 radical (unpaired) electrons. The van der Waals surface area contributed by atoms with Gasteiger partial charge in [-0.05, 0) is 44.6 Å². The summed E-state index contributed by atoms with van der Waals surface area (Å²) in [7, 11) is 0. The van der Waals surface area contributed by atoms with Gasteiger partial charge in [0.25, 0.3) is 0 Å². The van der Waals surface area contributed by atoms with Gasteiger partial charge in [0.15, 0.2) is 0 Å². The van der Waals surface area contributed by atoms with Crippen LogP contribution in [0.4, 0.5) is 0 Å². The van der Waals surface area contributed by atoms with Crippen molar-refractivity contribution in [1.82, 2.24) is 5.32 Å². The molecule has 4 heteroatoms. The summed E-state index contributed by atoms with van der Waals surface area (Å²) in [5.74, 6) is 0.435. The number of hydrogen-bond acceptors (Lipinski definition) is 3. The van der Waals surface area contributed by atoms with E-state index in [9.17, 15) is 4.79 Å². The second kappa shape index (κ2) is 8.27. The van der Waals surface area contributed by atoms with Crippen molar-refractivity contribution in [3.05, 3.63) is 11.6 Å². The van der Waals surface area contributed by atoms with Crippen molar-refractivity contribution in [3.63, 3.8) is 0 Å². The van der Waals surface area contributed by atoms with Crippen molar-refractivity contribution in [3.8, 4) is 0 Å². The number of rotatable bonds is 8. The molecule has 5 N–H and O–H groups in total. The maximum absolute atomic E-state index is 10.7. The highest BCUT2D eigenvalue weighted by Crippen LogP contribution is 2.22. The zero-order valence-corrected chi connectivity index (χ0v) is 11.5. The molecule has 0 bridgehead atoms. The van der Waals surface area contributed by atoms with Crippen LogP contribution in [0.25, 0.3) is 0 Å². The first-order valence-electron chi connectivity index (χ1n) is 7.03. The maximum atomic E-state index is 10.7. The number of carbonyl (C=O) groups is 1. The van der Waals surface area contributed by atoms with E-state index in [1.54, 1.807) is 5.57 Å². The smallest absolute Gasteiger partial charge is 0.234 e. The van der Waals surface area contributed by atoms with Crippen molar-refractivity contribution in [2.45, 2.75) is 51.5 Å². The number of hydrogen-bond donors (Lipinski definition) is 3. The first-order valence-corrected chi connectivity index (χ1v) is 7.03. The molecule has 0 aromatic rings. The van der Waals surface area contributed by atoms with Gasteiger partial charge in [-0.15, -0.1) is 0 Å². The van der Waals surface area contributed by atoms with Crippen LogP contribution < -0.4 is 16.8 Å². The minimum absolute atomic E-state index is 0.399. The van der Waals surface area contributed by atoms with Gasteiger partial charge in [0.2, 0.25) is 5.91 Å². The Kier molecular flexibility index (Phi) is 6.98. The van der Waals surface area contributed by atoms with Crippen molar-refractivity contribution in [2.24, 2.45) is 17.4 Å². The molecule has 0 spiro atoms. The number of nitrogens with two attached hydrogens (primary N) is 2. The van der Waals surface area contributed by atoms with E-state index in [4.69, 9.17) is 11.5 Å². The minimum Gasteiger partial charge on any atom is -0.368 e. The lowest BCUT2D eigenvalue weighted by Gasteiger charge is -2.19. The third-order valence-electron chi connectivity index (χ3n) is 3.54. The van der Waals surface area contributed by atoms with Crippen LogP contribution in [0.3, 0.4) is 0 Å². The maximum Gasteiger partial charge on any atom is 0.234 e. The molecule has 18 heavy (non-hydrogen) atoms. The number of nitrogens with one attached hydrogen (secondary N) is 1. The average molecular weight is 253 g/mol. The highest BCUT2D eigenvalue weighted by molar-refractivity contribution is 5.79. The predicted molar refractivity (Wildman–Crippen MR) is 75.0 cm³/mol. The fourth-order valence-electron chi connectivity index (χ4n) is 2.35. The van der Waals surface area contributed by atoms with Gasteiger partial charge < -0.3 is 16.8 Å². The molecule has 2 atom stereocenters. The molecule has 0 saturated carbocycles. The molecule has 0 fully saturated rings. The standard InChI is InChI=1S/C14H27N3O/c1-11-5-4-6-12(9-11)10-17-8-3-2-7-13(15)14(16)18/h6,11,13,17H,2-5,7-10,15H2,1H3,(H2,16,18)/t11-,13?/m0/s1. The van der Waals surface area contributed by atoms with E-state index in [2.05, 4.69) is 18.3 Å². The van der Waals surface area contributed by atoms with Gasteiger partial charge in [0.05, 0.1) is 6.04 Å². The van der Waals surface area contributed by atoms with Crippen molar-refractivity contribution >= 4 is 5.91 Å². The molecule has 0 aliphatic heterocycles. The highest BCUT2D eigenvalue weighted by atomic mass is 16.1. The summed E-state index contributed by atoms with van der Waals surface area (Å²) in [5, 5.41) is 3.45. The van der Waals surface area contributed by atoms with E-state index in [0.717, 1.165) is 31.8 Å². The highest BCUT2D eigenvalue weighted by Gasteiger charge is 2.10. The van der Waals surface area contributed by atoms with Gasteiger partial charge in [-0.25, -0.2) is 0 Å². The van der Waals surface area contributed by atoms with E-state index in [1.165, 1.54) is 19.3 Å². The Morgan fingerprint density at radius 1 is 1.56 bits per heavy atom. The second-order valence-corrected chi connectivity index (χ2v) is 5.43. The quantitative estimate of drug-likeness (QED) is 0.450. The van der Waals surface area contributed by atoms with Gasteiger partial charge in [0.1, 0.15) is 0 Å². The summed E-state index contributed by atoms with van der Waals surface area (Å²) >= 11 is 0. The Morgan fingerprint density at radius 2 is 2.33 bits per heavy atom. The van der Waals surface area contributed by atoms with E-state index in [1.807, 2.05) is 0 Å². The molecular formula is C14H27N3O. The van der Waals surface area contributed by atoms with Crippen molar-refractivity contribution in [2.75, 3.05) is 13.1 Å². The SMILES string of the molecule is C[C@H]1CCC=C(CNCCCCC(N)C(N)=O)C1. The molecule has 1 aliphatic carbocycles. The topological polar surface area (TPSA) is 81.1 Å². The van der Waals surface area contributed by atoms with Crippen LogP contribution in [-0.4, -0.2) is 25.0 Å². The summed E-state index contributed by atoms with van der Waals surface area (Å²) in [5.41, 5.74) is 12.2. The molecule has 1 amide bonds. The third kappa shape index (κ3) is 6.17. The van der Waals surface area contributed by atoms with Crippen LogP contribution in [0.2, 0.25) is 0 Å². The molecule has 0 saturated heterocycles. The zero-order valence-electron chi connectivity index (χ0n) is 11.5. The normalized spacial score (nSPS) is 21.4. The average Bonchev–Trinajstić information content (AvgIpc) is 2.33. The first-order chi connectivity index (χ1) is 8.59. The molecule has 104 valence electrons. The third-order valence-corrected chi connectivity index (χ3v) is 3.54. The lowest BCUT2D eigenvalue weighted by atomic mass is 9.90. The monoisotopic (exact) mass is 253 g/mol. The minimum atomic E-state index is -0.480. The molecule has 4 nitrogen and oxygen atoms in total. The van der Waals surface area contributed by atoms with Gasteiger partial charge in [0, 0.05) is 6.54 Å². The zero-order chi connectivity index (χ0) is 13.4. The number of unbranched alkanes of at least 4 members (excludes halogenated alkanes) is 1. The van der Waals surface area contributed by atoms with Crippen LogP contribution in [0, 0.1) is 5.92 Å². The van der Waals surface area contributed by atoms with E-state index in [0.29, 0.717) is 6.42 Å². The largest absolute Gasteiger partial charge is 0.368 e. The summed E-state index contributed by atoms with van der Waals surface area (Å²) in [6.07, 6.45) is 8.85. The van der Waals surface area contributed by atoms with Gasteiger partial charge >= 0.3 is 0 Å². The summed E-state index contributed by atoms with van der Waals surface area (Å²) in [4.78, 5) is 10.7. The lowest BCUT2D eigenvalue weighted by Crippen LogP contribution is -2.36. The summed E-state index contributed by atoms with van der Waals surface area (Å²) < 4.78 is 0. The first kappa shape index (κ1) is 15.2. The van der Waals surface area contributed by atoms with Crippen LogP contribution >= 0.6 is 0 Å². The van der Waals surface area contributed by atoms with Crippen LogP contribution in [0.1, 0.15) is 45.4 Å². The Hall–Kier alpha value is -0.870.